The predicted octanol–water partition coefficient (Wildman–Crippen LogP) is 4.97. The molecule has 0 spiro atoms. The third-order valence-electron chi connectivity index (χ3n) is 3.03. The first-order valence-electron chi connectivity index (χ1n) is 7.29. The molecule has 0 aliphatic carbocycles. The first-order valence-corrected chi connectivity index (χ1v) is 7.29. The molecule has 0 aromatic rings. The molecule has 0 atom stereocenters. The molecule has 0 saturated carbocycles. The van der Waals surface area contributed by atoms with Gasteiger partial charge in [0.2, 0.25) is 0 Å². The molecule has 0 aliphatic rings. The standard InChI is InChI=1S/C16H24F3N3O/c1-13(2,3)12(22-23-14(4,5)6)9-15(10-20,11-21)7-8-16(17,18)19/h7-9H2,1-6H3. The third kappa shape index (κ3) is 8.44. The van der Waals surface area contributed by atoms with Crippen LogP contribution >= 0.6 is 0 Å². The lowest BCUT2D eigenvalue weighted by Gasteiger charge is -2.28. The first kappa shape index (κ1) is 21.2. The van der Waals surface area contributed by atoms with Crippen LogP contribution in [0.5, 0.6) is 0 Å². The van der Waals surface area contributed by atoms with Gasteiger partial charge >= 0.3 is 6.18 Å². The summed E-state index contributed by atoms with van der Waals surface area (Å²) in [7, 11) is 0. The second-order valence-electron chi connectivity index (χ2n) is 7.59. The Hall–Kier alpha value is -1.76. The Morgan fingerprint density at radius 2 is 1.43 bits per heavy atom. The minimum Gasteiger partial charge on any atom is -0.390 e. The van der Waals surface area contributed by atoms with Crippen molar-refractivity contribution < 1.29 is 18.0 Å². The maximum atomic E-state index is 12.5. The van der Waals surface area contributed by atoms with Gasteiger partial charge in [0.1, 0.15) is 11.0 Å². The zero-order chi connectivity index (χ0) is 18.5. The van der Waals surface area contributed by atoms with Crippen molar-refractivity contribution >= 4 is 5.71 Å². The Balaban J connectivity index is 5.49. The molecular weight excluding hydrogens is 307 g/mol. The van der Waals surface area contributed by atoms with Gasteiger partial charge in [0.25, 0.3) is 0 Å². The number of nitrogens with zero attached hydrogens (tertiary/aromatic N) is 3. The summed E-state index contributed by atoms with van der Waals surface area (Å²) in [4.78, 5) is 5.35. The molecule has 0 bridgehead atoms. The molecule has 0 fully saturated rings. The average molecular weight is 331 g/mol. The van der Waals surface area contributed by atoms with Crippen LogP contribution < -0.4 is 0 Å². The van der Waals surface area contributed by atoms with E-state index in [1.54, 1.807) is 53.7 Å². The fourth-order valence-corrected chi connectivity index (χ4v) is 1.57. The van der Waals surface area contributed by atoms with E-state index in [0.29, 0.717) is 5.71 Å². The zero-order valence-electron chi connectivity index (χ0n) is 14.5. The molecule has 130 valence electrons. The number of nitriles is 2. The molecule has 0 aromatic heterocycles. The molecule has 0 amide bonds. The summed E-state index contributed by atoms with van der Waals surface area (Å²) < 4.78 is 37.4. The van der Waals surface area contributed by atoms with Crippen molar-refractivity contribution in [3.8, 4) is 12.1 Å². The van der Waals surface area contributed by atoms with Crippen molar-refractivity contribution in [1.82, 2.24) is 0 Å². The Morgan fingerprint density at radius 3 is 1.74 bits per heavy atom. The van der Waals surface area contributed by atoms with E-state index in [4.69, 9.17) is 4.84 Å². The highest BCUT2D eigenvalue weighted by Crippen LogP contribution is 2.36. The first-order chi connectivity index (χ1) is 10.1. The lowest BCUT2D eigenvalue weighted by atomic mass is 9.75. The van der Waals surface area contributed by atoms with Crippen molar-refractivity contribution in [3.63, 3.8) is 0 Å². The van der Waals surface area contributed by atoms with Crippen molar-refractivity contribution in [2.24, 2.45) is 16.0 Å². The predicted molar refractivity (Wildman–Crippen MR) is 81.3 cm³/mol. The average Bonchev–Trinajstić information content (AvgIpc) is 2.35. The molecule has 0 aliphatic heterocycles. The molecule has 0 N–H and O–H groups in total. The van der Waals surface area contributed by atoms with Gasteiger partial charge in [0.15, 0.2) is 0 Å². The SMILES string of the molecule is CC(C)(C)ON=C(CC(C#N)(C#N)CCC(F)(F)F)C(C)(C)C. The Kier molecular flexibility index (Phi) is 6.66. The maximum absolute atomic E-state index is 12.5. The van der Waals surface area contributed by atoms with Gasteiger partial charge in [-0.3, -0.25) is 0 Å². The Bertz CT molecular complexity index is 497. The monoisotopic (exact) mass is 331 g/mol. The van der Waals surface area contributed by atoms with Gasteiger partial charge in [-0.15, -0.1) is 0 Å². The van der Waals surface area contributed by atoms with Gasteiger partial charge in [-0.05, 0) is 27.2 Å². The number of rotatable bonds is 5. The Morgan fingerprint density at radius 1 is 0.957 bits per heavy atom. The van der Waals surface area contributed by atoms with Crippen LogP contribution in [0, 0.1) is 33.5 Å². The van der Waals surface area contributed by atoms with Gasteiger partial charge in [-0.2, -0.15) is 23.7 Å². The number of hydrogen-bond acceptors (Lipinski definition) is 4. The van der Waals surface area contributed by atoms with Gasteiger partial charge in [0, 0.05) is 18.3 Å². The van der Waals surface area contributed by atoms with Crippen molar-refractivity contribution in [2.75, 3.05) is 0 Å². The summed E-state index contributed by atoms with van der Waals surface area (Å²) >= 11 is 0. The molecule has 23 heavy (non-hydrogen) atoms. The molecule has 0 aromatic carbocycles. The van der Waals surface area contributed by atoms with Gasteiger partial charge in [0.05, 0.1) is 17.9 Å². The van der Waals surface area contributed by atoms with Gasteiger partial charge in [-0.1, -0.05) is 25.9 Å². The summed E-state index contributed by atoms with van der Waals surface area (Å²) in [5, 5.41) is 22.6. The lowest BCUT2D eigenvalue weighted by Crippen LogP contribution is -2.31. The van der Waals surface area contributed by atoms with E-state index in [1.807, 2.05) is 0 Å². The van der Waals surface area contributed by atoms with Crippen LogP contribution in [-0.2, 0) is 4.84 Å². The fraction of sp³-hybridized carbons (Fsp3) is 0.812. The van der Waals surface area contributed by atoms with E-state index >= 15 is 0 Å². The van der Waals surface area contributed by atoms with Crippen LogP contribution in [0.15, 0.2) is 5.16 Å². The second kappa shape index (κ2) is 7.21. The highest BCUT2D eigenvalue weighted by atomic mass is 19.4. The molecule has 4 nitrogen and oxygen atoms in total. The molecule has 0 unspecified atom stereocenters. The number of alkyl halides is 3. The van der Waals surface area contributed by atoms with Gasteiger partial charge < -0.3 is 4.84 Å². The number of hydrogen-bond donors (Lipinski definition) is 0. The minimum atomic E-state index is -4.42. The van der Waals surface area contributed by atoms with E-state index in [0.717, 1.165) is 0 Å². The molecule has 0 radical (unpaired) electrons. The summed E-state index contributed by atoms with van der Waals surface area (Å²) in [5.74, 6) is 0. The molecule has 0 saturated heterocycles. The second-order valence-corrected chi connectivity index (χ2v) is 7.59. The lowest BCUT2D eigenvalue weighted by molar-refractivity contribution is -0.138. The summed E-state index contributed by atoms with van der Waals surface area (Å²) in [6.45, 7) is 10.8. The minimum absolute atomic E-state index is 0.185. The number of halogens is 3. The van der Waals surface area contributed by atoms with E-state index in [-0.39, 0.29) is 6.42 Å². The molecule has 0 rings (SSSR count). The van der Waals surface area contributed by atoms with E-state index in [9.17, 15) is 23.7 Å². The summed E-state index contributed by atoms with van der Waals surface area (Å²) in [6.07, 6.45) is -6.38. The highest BCUT2D eigenvalue weighted by molar-refractivity contribution is 5.90. The van der Waals surface area contributed by atoms with Crippen LogP contribution in [0.1, 0.15) is 60.8 Å². The largest absolute Gasteiger partial charge is 0.390 e. The highest BCUT2D eigenvalue weighted by Gasteiger charge is 2.40. The number of oxime groups is 1. The quantitative estimate of drug-likeness (QED) is 0.527. The fourth-order valence-electron chi connectivity index (χ4n) is 1.57. The van der Waals surface area contributed by atoms with Crippen molar-refractivity contribution in [1.29, 1.82) is 10.5 Å². The van der Waals surface area contributed by atoms with Gasteiger partial charge in [-0.25, -0.2) is 0 Å². The van der Waals surface area contributed by atoms with E-state index < -0.39 is 35.4 Å². The maximum Gasteiger partial charge on any atom is 0.389 e. The van der Waals surface area contributed by atoms with Crippen LogP contribution in [0.3, 0.4) is 0 Å². The zero-order valence-corrected chi connectivity index (χ0v) is 14.5. The molecular formula is C16H24F3N3O. The van der Waals surface area contributed by atoms with Crippen molar-refractivity contribution in [3.05, 3.63) is 0 Å². The summed E-state index contributed by atoms with van der Waals surface area (Å²) in [6, 6.07) is 3.48. The topological polar surface area (TPSA) is 69.2 Å². The van der Waals surface area contributed by atoms with Crippen molar-refractivity contribution in [2.45, 2.75) is 72.6 Å². The Labute approximate surface area is 135 Å². The van der Waals surface area contributed by atoms with Crippen LogP contribution in [0.25, 0.3) is 0 Å². The third-order valence-corrected chi connectivity index (χ3v) is 3.03. The smallest absolute Gasteiger partial charge is 0.389 e. The van der Waals surface area contributed by atoms with Crippen LogP contribution in [0.4, 0.5) is 13.2 Å². The summed E-state index contributed by atoms with van der Waals surface area (Å²) in [5.41, 5.74) is -2.51. The normalized spacial score (nSPS) is 14.1. The molecule has 0 heterocycles. The van der Waals surface area contributed by atoms with E-state index in [2.05, 4.69) is 5.16 Å². The van der Waals surface area contributed by atoms with Crippen LogP contribution in [-0.4, -0.2) is 17.5 Å². The van der Waals surface area contributed by atoms with E-state index in [1.165, 1.54) is 0 Å². The van der Waals surface area contributed by atoms with Crippen LogP contribution in [0.2, 0.25) is 0 Å². The molecule has 7 heteroatoms.